The third-order valence-corrected chi connectivity index (χ3v) is 3.81. The Morgan fingerprint density at radius 3 is 2.56 bits per heavy atom. The lowest BCUT2D eigenvalue weighted by Gasteiger charge is -2.31. The molecule has 2 aliphatic rings. The predicted molar refractivity (Wildman–Crippen MR) is 66.7 cm³/mol. The minimum Gasteiger partial charge on any atom is -0.381 e. The van der Waals surface area contributed by atoms with E-state index in [1.165, 1.54) is 51.7 Å². The number of rotatable bonds is 7. The van der Waals surface area contributed by atoms with Crippen LogP contribution in [0.5, 0.6) is 0 Å². The highest BCUT2D eigenvalue weighted by atomic mass is 16.5. The SMILES string of the molecule is CNC1CCN(CCCOCC2CC2)CC1. The summed E-state index contributed by atoms with van der Waals surface area (Å²) in [6.45, 7) is 5.72. The fraction of sp³-hybridized carbons (Fsp3) is 1.00. The smallest absolute Gasteiger partial charge is 0.0494 e. The number of likely N-dealkylation sites (tertiary alicyclic amines) is 1. The van der Waals surface area contributed by atoms with E-state index in [9.17, 15) is 0 Å². The molecule has 1 heterocycles. The summed E-state index contributed by atoms with van der Waals surface area (Å²) in [5.41, 5.74) is 0. The number of piperidine rings is 1. The molecule has 94 valence electrons. The third-order valence-electron chi connectivity index (χ3n) is 3.81. The number of hydrogen-bond donors (Lipinski definition) is 1. The molecule has 0 unspecified atom stereocenters. The second-order valence-corrected chi connectivity index (χ2v) is 5.28. The van der Waals surface area contributed by atoms with E-state index in [4.69, 9.17) is 4.74 Å². The zero-order chi connectivity index (χ0) is 11.2. The van der Waals surface area contributed by atoms with Crippen molar-refractivity contribution in [3.8, 4) is 0 Å². The van der Waals surface area contributed by atoms with Crippen LogP contribution in [0.25, 0.3) is 0 Å². The van der Waals surface area contributed by atoms with E-state index >= 15 is 0 Å². The molecule has 16 heavy (non-hydrogen) atoms. The maximum Gasteiger partial charge on any atom is 0.0494 e. The molecule has 0 radical (unpaired) electrons. The zero-order valence-electron chi connectivity index (χ0n) is 10.6. The number of ether oxygens (including phenoxy) is 1. The van der Waals surface area contributed by atoms with Crippen LogP contribution in [0.4, 0.5) is 0 Å². The van der Waals surface area contributed by atoms with Crippen molar-refractivity contribution in [3.05, 3.63) is 0 Å². The third kappa shape index (κ3) is 4.40. The van der Waals surface area contributed by atoms with Crippen molar-refractivity contribution in [2.45, 2.75) is 38.1 Å². The summed E-state index contributed by atoms with van der Waals surface area (Å²) in [7, 11) is 2.08. The van der Waals surface area contributed by atoms with E-state index in [0.29, 0.717) is 0 Å². The fourth-order valence-corrected chi connectivity index (χ4v) is 2.37. The quantitative estimate of drug-likeness (QED) is 0.666. The molecule has 1 saturated heterocycles. The summed E-state index contributed by atoms with van der Waals surface area (Å²) < 4.78 is 5.65. The summed E-state index contributed by atoms with van der Waals surface area (Å²) in [4.78, 5) is 2.58. The monoisotopic (exact) mass is 226 g/mol. The molecule has 2 fully saturated rings. The molecule has 0 aromatic rings. The Bertz CT molecular complexity index is 186. The predicted octanol–water partition coefficient (Wildman–Crippen LogP) is 1.49. The highest BCUT2D eigenvalue weighted by molar-refractivity contribution is 4.75. The van der Waals surface area contributed by atoms with E-state index < -0.39 is 0 Å². The van der Waals surface area contributed by atoms with Crippen molar-refractivity contribution in [2.24, 2.45) is 5.92 Å². The van der Waals surface area contributed by atoms with Gasteiger partial charge in [-0.3, -0.25) is 0 Å². The second kappa shape index (κ2) is 6.58. The average molecular weight is 226 g/mol. The van der Waals surface area contributed by atoms with Gasteiger partial charge in [0.1, 0.15) is 0 Å². The number of hydrogen-bond acceptors (Lipinski definition) is 3. The van der Waals surface area contributed by atoms with Crippen LogP contribution >= 0.6 is 0 Å². The van der Waals surface area contributed by atoms with Gasteiger partial charge in [-0.1, -0.05) is 0 Å². The van der Waals surface area contributed by atoms with Gasteiger partial charge >= 0.3 is 0 Å². The van der Waals surface area contributed by atoms with Crippen LogP contribution in [0, 0.1) is 5.92 Å². The van der Waals surface area contributed by atoms with Crippen LogP contribution in [0.2, 0.25) is 0 Å². The highest BCUT2D eigenvalue weighted by Gasteiger charge is 2.21. The Kier molecular flexibility index (Phi) is 5.07. The minimum atomic E-state index is 0.752. The molecule has 0 amide bonds. The number of nitrogens with one attached hydrogen (secondary N) is 1. The fourth-order valence-electron chi connectivity index (χ4n) is 2.37. The first-order valence-corrected chi connectivity index (χ1v) is 6.86. The van der Waals surface area contributed by atoms with Crippen LogP contribution in [0.15, 0.2) is 0 Å². The Morgan fingerprint density at radius 1 is 1.19 bits per heavy atom. The van der Waals surface area contributed by atoms with Gasteiger partial charge in [0.15, 0.2) is 0 Å². The lowest BCUT2D eigenvalue weighted by atomic mass is 10.1. The molecule has 0 atom stereocenters. The van der Waals surface area contributed by atoms with Crippen LogP contribution in [-0.2, 0) is 4.74 Å². The highest BCUT2D eigenvalue weighted by Crippen LogP contribution is 2.28. The van der Waals surface area contributed by atoms with Gasteiger partial charge in [0.25, 0.3) is 0 Å². The van der Waals surface area contributed by atoms with Gasteiger partial charge in [-0.15, -0.1) is 0 Å². The molecule has 1 aliphatic carbocycles. The van der Waals surface area contributed by atoms with Gasteiger partial charge in [0, 0.05) is 25.8 Å². The molecule has 1 saturated carbocycles. The van der Waals surface area contributed by atoms with Crippen molar-refractivity contribution in [3.63, 3.8) is 0 Å². The molecule has 0 bridgehead atoms. The molecule has 0 spiro atoms. The topological polar surface area (TPSA) is 24.5 Å². The van der Waals surface area contributed by atoms with Crippen LogP contribution in [0.1, 0.15) is 32.1 Å². The maximum atomic E-state index is 5.65. The van der Waals surface area contributed by atoms with E-state index in [2.05, 4.69) is 17.3 Å². The van der Waals surface area contributed by atoms with Crippen LogP contribution in [0.3, 0.4) is 0 Å². The van der Waals surface area contributed by atoms with Gasteiger partial charge in [-0.25, -0.2) is 0 Å². The van der Waals surface area contributed by atoms with E-state index in [-0.39, 0.29) is 0 Å². The van der Waals surface area contributed by atoms with Gasteiger partial charge in [0.2, 0.25) is 0 Å². The molecule has 0 aromatic heterocycles. The van der Waals surface area contributed by atoms with E-state index in [0.717, 1.165) is 25.2 Å². The molecular weight excluding hydrogens is 200 g/mol. The lowest BCUT2D eigenvalue weighted by Crippen LogP contribution is -2.41. The molecule has 3 heteroatoms. The van der Waals surface area contributed by atoms with Crippen LogP contribution in [-0.4, -0.2) is 50.8 Å². The largest absolute Gasteiger partial charge is 0.381 e. The molecule has 2 rings (SSSR count). The molecule has 3 nitrogen and oxygen atoms in total. The average Bonchev–Trinajstić information content (AvgIpc) is 3.13. The lowest BCUT2D eigenvalue weighted by molar-refractivity contribution is 0.107. The van der Waals surface area contributed by atoms with Gasteiger partial charge in [-0.05, 0) is 58.2 Å². The maximum absolute atomic E-state index is 5.65. The Labute approximate surface area is 99.5 Å². The van der Waals surface area contributed by atoms with Crippen LogP contribution < -0.4 is 5.32 Å². The Morgan fingerprint density at radius 2 is 1.94 bits per heavy atom. The minimum absolute atomic E-state index is 0.752. The van der Waals surface area contributed by atoms with Crippen molar-refractivity contribution in [1.29, 1.82) is 0 Å². The summed E-state index contributed by atoms with van der Waals surface area (Å²) in [5.74, 6) is 0.909. The Balaban J connectivity index is 1.43. The first-order valence-electron chi connectivity index (χ1n) is 6.86. The first-order chi connectivity index (χ1) is 7.88. The summed E-state index contributed by atoms with van der Waals surface area (Å²) in [6, 6.07) is 0.752. The normalized spacial score (nSPS) is 23.8. The summed E-state index contributed by atoms with van der Waals surface area (Å²) in [5, 5.41) is 3.37. The van der Waals surface area contributed by atoms with Gasteiger partial charge in [-0.2, -0.15) is 0 Å². The molecular formula is C13H26N2O. The summed E-state index contributed by atoms with van der Waals surface area (Å²) >= 11 is 0. The molecule has 1 N–H and O–H groups in total. The molecule has 0 aromatic carbocycles. The standard InChI is InChI=1S/C13H26N2O/c1-14-13-5-8-15(9-6-13)7-2-10-16-11-12-3-4-12/h12-14H,2-11H2,1H3. The van der Waals surface area contributed by atoms with Crippen molar-refractivity contribution < 1.29 is 4.74 Å². The second-order valence-electron chi connectivity index (χ2n) is 5.28. The van der Waals surface area contributed by atoms with E-state index in [1.54, 1.807) is 0 Å². The summed E-state index contributed by atoms with van der Waals surface area (Å²) in [6.07, 6.45) is 6.62. The molecule has 1 aliphatic heterocycles. The van der Waals surface area contributed by atoms with Crippen molar-refractivity contribution in [1.82, 2.24) is 10.2 Å². The zero-order valence-corrected chi connectivity index (χ0v) is 10.6. The first kappa shape index (κ1) is 12.3. The van der Waals surface area contributed by atoms with Gasteiger partial charge in [0.05, 0.1) is 0 Å². The Hall–Kier alpha value is -0.120. The van der Waals surface area contributed by atoms with E-state index in [1.807, 2.05) is 0 Å². The number of nitrogens with zero attached hydrogens (tertiary/aromatic N) is 1. The van der Waals surface area contributed by atoms with Gasteiger partial charge < -0.3 is 15.0 Å². The van der Waals surface area contributed by atoms with Crippen molar-refractivity contribution >= 4 is 0 Å². The van der Waals surface area contributed by atoms with Crippen molar-refractivity contribution in [2.75, 3.05) is 39.9 Å².